The van der Waals surface area contributed by atoms with E-state index in [-0.39, 0.29) is 11.8 Å². The Labute approximate surface area is 107 Å². The lowest BCUT2D eigenvalue weighted by Gasteiger charge is -2.19. The maximum atomic E-state index is 12.0. The zero-order chi connectivity index (χ0) is 13.1. The number of anilines is 1. The van der Waals surface area contributed by atoms with Gasteiger partial charge in [-0.25, -0.2) is 0 Å². The number of aryl methyl sites for hydroxylation is 1. The fourth-order valence-electron chi connectivity index (χ4n) is 2.33. The van der Waals surface area contributed by atoms with Crippen LogP contribution in [-0.4, -0.2) is 12.5 Å². The highest BCUT2D eigenvalue weighted by Crippen LogP contribution is 2.29. The topological polar surface area (TPSA) is 44.1 Å². The van der Waals surface area contributed by atoms with Crippen molar-refractivity contribution in [2.45, 2.75) is 19.8 Å². The quantitative estimate of drug-likeness (QED) is 0.762. The van der Waals surface area contributed by atoms with Gasteiger partial charge in [0.25, 0.3) is 0 Å². The summed E-state index contributed by atoms with van der Waals surface area (Å²) in [6.07, 6.45) is 3.19. The van der Waals surface area contributed by atoms with Crippen molar-refractivity contribution in [2.24, 2.45) is 5.92 Å². The third-order valence-corrected chi connectivity index (χ3v) is 3.37. The summed E-state index contributed by atoms with van der Waals surface area (Å²) in [6.45, 7) is 6.48. The highest BCUT2D eigenvalue weighted by molar-refractivity contribution is 5.96. The van der Waals surface area contributed by atoms with Gasteiger partial charge in [-0.1, -0.05) is 13.0 Å². The van der Waals surface area contributed by atoms with Gasteiger partial charge in [0.2, 0.25) is 5.91 Å². The summed E-state index contributed by atoms with van der Waals surface area (Å²) in [5, 5.41) is 8.90. The fraction of sp³-hybridized carbons (Fsp3) is 0.333. The molecular formula is C15H16N2O. The molecule has 0 saturated carbocycles. The molecule has 1 unspecified atom stereocenters. The molecule has 0 bridgehead atoms. The van der Waals surface area contributed by atoms with Gasteiger partial charge in [-0.05, 0) is 30.2 Å². The summed E-state index contributed by atoms with van der Waals surface area (Å²) in [5.74, 6) is 0.372. The summed E-state index contributed by atoms with van der Waals surface area (Å²) in [6, 6.07) is 7.64. The van der Waals surface area contributed by atoms with Gasteiger partial charge < -0.3 is 4.90 Å². The highest BCUT2D eigenvalue weighted by atomic mass is 16.2. The van der Waals surface area contributed by atoms with Crippen molar-refractivity contribution in [3.05, 3.63) is 42.0 Å². The molecule has 0 radical (unpaired) electrons. The van der Waals surface area contributed by atoms with Gasteiger partial charge in [0, 0.05) is 24.6 Å². The lowest BCUT2D eigenvalue weighted by molar-refractivity contribution is -0.117. The van der Waals surface area contributed by atoms with Crippen LogP contribution in [-0.2, 0) is 11.2 Å². The number of carbonyl (C=O) groups excluding carboxylic acids is 1. The van der Waals surface area contributed by atoms with E-state index in [0.717, 1.165) is 17.7 Å². The van der Waals surface area contributed by atoms with E-state index in [9.17, 15) is 4.79 Å². The maximum absolute atomic E-state index is 12.0. The molecule has 3 heteroatoms. The molecule has 1 aromatic carbocycles. The standard InChI is InChI=1S/C15H16N2O/c1-3-11-8-15(18)17(10-11)14-6-5-12(9-16)7-13(14)4-2/h3,5-7,11H,1,4,8,10H2,2H3. The predicted octanol–water partition coefficient (Wildman–Crippen LogP) is 2.66. The average molecular weight is 240 g/mol. The second-order valence-corrected chi connectivity index (χ2v) is 4.51. The van der Waals surface area contributed by atoms with E-state index in [1.807, 2.05) is 30.0 Å². The smallest absolute Gasteiger partial charge is 0.227 e. The molecule has 0 N–H and O–H groups in total. The van der Waals surface area contributed by atoms with Gasteiger partial charge in [-0.3, -0.25) is 4.79 Å². The van der Waals surface area contributed by atoms with Crippen molar-refractivity contribution in [2.75, 3.05) is 11.4 Å². The van der Waals surface area contributed by atoms with Gasteiger partial charge in [0.1, 0.15) is 0 Å². The third-order valence-electron chi connectivity index (χ3n) is 3.37. The molecule has 1 aliphatic rings. The molecule has 92 valence electrons. The van der Waals surface area contributed by atoms with Gasteiger partial charge >= 0.3 is 0 Å². The van der Waals surface area contributed by atoms with E-state index in [2.05, 4.69) is 12.6 Å². The number of hydrogen-bond acceptors (Lipinski definition) is 2. The average Bonchev–Trinajstić information content (AvgIpc) is 2.79. The van der Waals surface area contributed by atoms with Crippen LogP contribution in [0.15, 0.2) is 30.9 Å². The van der Waals surface area contributed by atoms with Crippen LogP contribution in [0.3, 0.4) is 0 Å². The molecule has 18 heavy (non-hydrogen) atoms. The Hall–Kier alpha value is -2.08. The monoisotopic (exact) mass is 240 g/mol. The van der Waals surface area contributed by atoms with Crippen LogP contribution in [0, 0.1) is 17.2 Å². The van der Waals surface area contributed by atoms with Crippen LogP contribution in [0.2, 0.25) is 0 Å². The molecule has 1 aliphatic heterocycles. The molecule has 0 aliphatic carbocycles. The highest BCUT2D eigenvalue weighted by Gasteiger charge is 2.29. The van der Waals surface area contributed by atoms with Gasteiger partial charge in [-0.2, -0.15) is 5.26 Å². The first-order chi connectivity index (χ1) is 8.69. The second kappa shape index (κ2) is 5.05. The first-order valence-electron chi connectivity index (χ1n) is 6.15. The molecule has 1 aromatic rings. The summed E-state index contributed by atoms with van der Waals surface area (Å²) in [4.78, 5) is 13.8. The minimum Gasteiger partial charge on any atom is -0.312 e. The van der Waals surface area contributed by atoms with Crippen molar-refractivity contribution in [1.82, 2.24) is 0 Å². The summed E-state index contributed by atoms with van der Waals surface area (Å²) >= 11 is 0. The maximum Gasteiger partial charge on any atom is 0.227 e. The molecule has 1 heterocycles. The minimum absolute atomic E-state index is 0.138. The fourth-order valence-corrected chi connectivity index (χ4v) is 2.33. The summed E-state index contributed by atoms with van der Waals surface area (Å²) in [5.41, 5.74) is 2.63. The molecule has 0 spiro atoms. The molecule has 1 saturated heterocycles. The van der Waals surface area contributed by atoms with Crippen LogP contribution >= 0.6 is 0 Å². The Morgan fingerprint density at radius 3 is 2.94 bits per heavy atom. The Balaban J connectivity index is 2.37. The molecule has 3 nitrogen and oxygen atoms in total. The Kier molecular flexibility index (Phi) is 3.47. The molecular weight excluding hydrogens is 224 g/mol. The number of hydrogen-bond donors (Lipinski definition) is 0. The van der Waals surface area contributed by atoms with Crippen LogP contribution < -0.4 is 4.90 Å². The number of amides is 1. The Morgan fingerprint density at radius 1 is 1.61 bits per heavy atom. The molecule has 1 fully saturated rings. The lowest BCUT2D eigenvalue weighted by atomic mass is 10.1. The molecule has 0 aromatic heterocycles. The largest absolute Gasteiger partial charge is 0.312 e. The first kappa shape index (κ1) is 12.4. The van der Waals surface area contributed by atoms with Crippen LogP contribution in [0.25, 0.3) is 0 Å². The predicted molar refractivity (Wildman–Crippen MR) is 71.2 cm³/mol. The van der Waals surface area contributed by atoms with Crippen molar-refractivity contribution < 1.29 is 4.79 Å². The van der Waals surface area contributed by atoms with Gasteiger partial charge in [0.15, 0.2) is 0 Å². The van der Waals surface area contributed by atoms with E-state index in [0.29, 0.717) is 18.5 Å². The van der Waals surface area contributed by atoms with Crippen LogP contribution in [0.4, 0.5) is 5.69 Å². The zero-order valence-electron chi connectivity index (χ0n) is 10.5. The number of benzene rings is 1. The SMILES string of the molecule is C=CC1CC(=O)N(c2ccc(C#N)cc2CC)C1. The molecule has 1 atom stereocenters. The number of nitriles is 1. The van der Waals surface area contributed by atoms with Crippen LogP contribution in [0.5, 0.6) is 0 Å². The van der Waals surface area contributed by atoms with Crippen molar-refractivity contribution in [3.63, 3.8) is 0 Å². The number of carbonyl (C=O) groups is 1. The van der Waals surface area contributed by atoms with Crippen molar-refractivity contribution in [1.29, 1.82) is 5.26 Å². The third kappa shape index (κ3) is 2.14. The van der Waals surface area contributed by atoms with E-state index in [1.54, 1.807) is 6.07 Å². The zero-order valence-corrected chi connectivity index (χ0v) is 10.5. The molecule has 1 amide bonds. The number of nitrogens with zero attached hydrogens (tertiary/aromatic N) is 2. The van der Waals surface area contributed by atoms with Gasteiger partial charge in [0.05, 0.1) is 11.6 Å². The van der Waals surface area contributed by atoms with E-state index in [1.165, 1.54) is 0 Å². The van der Waals surface area contributed by atoms with Crippen molar-refractivity contribution >= 4 is 11.6 Å². The Bertz CT molecular complexity index is 528. The number of rotatable bonds is 3. The summed E-state index contributed by atoms with van der Waals surface area (Å²) < 4.78 is 0. The minimum atomic E-state index is 0.138. The first-order valence-corrected chi connectivity index (χ1v) is 6.15. The van der Waals surface area contributed by atoms with Gasteiger partial charge in [-0.15, -0.1) is 6.58 Å². The van der Waals surface area contributed by atoms with Crippen molar-refractivity contribution in [3.8, 4) is 6.07 Å². The lowest BCUT2D eigenvalue weighted by Crippen LogP contribution is -2.25. The van der Waals surface area contributed by atoms with E-state index in [4.69, 9.17) is 5.26 Å². The molecule has 2 rings (SSSR count). The second-order valence-electron chi connectivity index (χ2n) is 4.51. The Morgan fingerprint density at radius 2 is 2.39 bits per heavy atom. The van der Waals surface area contributed by atoms with Crippen LogP contribution in [0.1, 0.15) is 24.5 Å². The van der Waals surface area contributed by atoms with E-state index >= 15 is 0 Å². The normalized spacial score (nSPS) is 18.8. The van der Waals surface area contributed by atoms with E-state index < -0.39 is 0 Å². The summed E-state index contributed by atoms with van der Waals surface area (Å²) in [7, 11) is 0.